The van der Waals surface area contributed by atoms with E-state index in [1.807, 2.05) is 0 Å². The number of hydrogen-bond donors (Lipinski definition) is 0. The quantitative estimate of drug-likeness (QED) is 0.757. The molecule has 0 aliphatic carbocycles. The van der Waals surface area contributed by atoms with Gasteiger partial charge in [0.2, 0.25) is 0 Å². The van der Waals surface area contributed by atoms with Crippen molar-refractivity contribution in [3.8, 4) is 0 Å². The van der Waals surface area contributed by atoms with E-state index in [0.29, 0.717) is 23.7 Å². The third-order valence-electron chi connectivity index (χ3n) is 3.63. The number of aromatic nitrogens is 1. The van der Waals surface area contributed by atoms with Crippen LogP contribution < -0.4 is 0 Å². The van der Waals surface area contributed by atoms with Crippen molar-refractivity contribution < 1.29 is 17.9 Å². The minimum absolute atomic E-state index is 0.0745. The Balaban J connectivity index is 2.02. The molecule has 0 N–H and O–H groups in total. The SMILES string of the molecule is CC(C)(C)OC(=O)N1CCC[C@@H]1CS(=O)(=O)Cc1ccc(Cl)nc1. The summed E-state index contributed by atoms with van der Waals surface area (Å²) in [6, 6.07) is 2.87. The molecule has 2 rings (SSSR count). The van der Waals surface area contributed by atoms with Gasteiger partial charge < -0.3 is 9.64 Å². The number of nitrogens with zero attached hydrogens (tertiary/aromatic N) is 2. The Kier molecular flexibility index (Phi) is 5.75. The lowest BCUT2D eigenvalue weighted by atomic mass is 10.2. The third kappa shape index (κ3) is 5.63. The van der Waals surface area contributed by atoms with Crippen molar-refractivity contribution in [1.82, 2.24) is 9.88 Å². The fourth-order valence-corrected chi connectivity index (χ4v) is 4.51. The molecule has 1 amide bonds. The Morgan fingerprint density at radius 2 is 2.12 bits per heavy atom. The van der Waals surface area contributed by atoms with Gasteiger partial charge in [0.1, 0.15) is 10.8 Å². The Labute approximate surface area is 148 Å². The summed E-state index contributed by atoms with van der Waals surface area (Å²) < 4.78 is 30.3. The van der Waals surface area contributed by atoms with Gasteiger partial charge in [-0.1, -0.05) is 17.7 Å². The maximum atomic E-state index is 12.5. The number of halogens is 1. The van der Waals surface area contributed by atoms with Crippen molar-refractivity contribution in [1.29, 1.82) is 0 Å². The normalized spacial score (nSPS) is 18.7. The number of sulfone groups is 1. The minimum Gasteiger partial charge on any atom is -0.444 e. The van der Waals surface area contributed by atoms with Crippen LogP contribution in [0.3, 0.4) is 0 Å². The number of ether oxygens (including phenoxy) is 1. The summed E-state index contributed by atoms with van der Waals surface area (Å²) in [6.45, 7) is 5.90. The second-order valence-electron chi connectivity index (χ2n) is 7.01. The van der Waals surface area contributed by atoms with E-state index in [9.17, 15) is 13.2 Å². The summed E-state index contributed by atoms with van der Waals surface area (Å²) >= 11 is 5.71. The first-order valence-corrected chi connectivity index (χ1v) is 10.1. The molecule has 0 aromatic carbocycles. The zero-order valence-electron chi connectivity index (χ0n) is 14.2. The molecule has 2 heterocycles. The van der Waals surface area contributed by atoms with Crippen molar-refractivity contribution in [3.63, 3.8) is 0 Å². The zero-order chi connectivity index (χ0) is 18.0. The molecule has 1 aliphatic rings. The van der Waals surface area contributed by atoms with Crippen molar-refractivity contribution >= 4 is 27.5 Å². The number of carbonyl (C=O) groups is 1. The van der Waals surface area contributed by atoms with E-state index < -0.39 is 21.5 Å². The zero-order valence-corrected chi connectivity index (χ0v) is 15.7. The van der Waals surface area contributed by atoms with Crippen LogP contribution in [0.15, 0.2) is 18.3 Å². The molecule has 1 aromatic heterocycles. The Hall–Kier alpha value is -1.34. The first-order chi connectivity index (χ1) is 11.1. The lowest BCUT2D eigenvalue weighted by Gasteiger charge is -2.28. The standard InChI is InChI=1S/C16H23ClN2O4S/c1-16(2,3)23-15(20)19-8-4-5-13(19)11-24(21,22)10-12-6-7-14(17)18-9-12/h6-7,9,13H,4-5,8,10-11H2,1-3H3/t13-/m1/s1. The van der Waals surface area contributed by atoms with Gasteiger partial charge in [0.05, 0.1) is 11.5 Å². The number of amides is 1. The molecule has 0 radical (unpaired) electrons. The smallest absolute Gasteiger partial charge is 0.410 e. The molecule has 8 heteroatoms. The van der Waals surface area contributed by atoms with Crippen LogP contribution in [-0.4, -0.2) is 48.3 Å². The van der Waals surface area contributed by atoms with Crippen LogP contribution in [0.1, 0.15) is 39.2 Å². The van der Waals surface area contributed by atoms with Crippen molar-refractivity contribution in [2.45, 2.75) is 51.0 Å². The van der Waals surface area contributed by atoms with Crippen LogP contribution in [0.5, 0.6) is 0 Å². The van der Waals surface area contributed by atoms with Gasteiger partial charge in [0.15, 0.2) is 9.84 Å². The van der Waals surface area contributed by atoms with E-state index in [4.69, 9.17) is 16.3 Å². The van der Waals surface area contributed by atoms with Crippen LogP contribution in [-0.2, 0) is 20.3 Å². The summed E-state index contributed by atoms with van der Waals surface area (Å²) in [7, 11) is -3.37. The molecule has 1 saturated heterocycles. The fraction of sp³-hybridized carbons (Fsp3) is 0.625. The number of rotatable bonds is 4. The average Bonchev–Trinajstić information content (AvgIpc) is 2.86. The predicted octanol–water partition coefficient (Wildman–Crippen LogP) is 3.05. The van der Waals surface area contributed by atoms with Crippen LogP contribution >= 0.6 is 11.6 Å². The van der Waals surface area contributed by atoms with Crippen molar-refractivity contribution in [2.75, 3.05) is 12.3 Å². The Morgan fingerprint density at radius 3 is 2.71 bits per heavy atom. The van der Waals surface area contributed by atoms with Gasteiger partial charge in [0.25, 0.3) is 0 Å². The highest BCUT2D eigenvalue weighted by atomic mass is 35.5. The highest BCUT2D eigenvalue weighted by Crippen LogP contribution is 2.23. The molecule has 6 nitrogen and oxygen atoms in total. The lowest BCUT2D eigenvalue weighted by Crippen LogP contribution is -2.42. The maximum Gasteiger partial charge on any atom is 0.410 e. The number of hydrogen-bond acceptors (Lipinski definition) is 5. The van der Waals surface area contributed by atoms with Crippen molar-refractivity contribution in [3.05, 3.63) is 29.0 Å². The van der Waals surface area contributed by atoms with Gasteiger partial charge in [-0.15, -0.1) is 0 Å². The molecule has 1 fully saturated rings. The molecule has 0 unspecified atom stereocenters. The summed E-state index contributed by atoms with van der Waals surface area (Å²) in [5, 5.41) is 0.322. The van der Waals surface area contributed by atoms with Crippen LogP contribution in [0, 0.1) is 0 Å². The first kappa shape index (κ1) is 19.0. The topological polar surface area (TPSA) is 76.6 Å². The van der Waals surface area contributed by atoms with Gasteiger partial charge in [0, 0.05) is 18.8 Å². The van der Waals surface area contributed by atoms with Gasteiger partial charge in [-0.3, -0.25) is 0 Å². The van der Waals surface area contributed by atoms with E-state index in [-0.39, 0.29) is 17.5 Å². The van der Waals surface area contributed by atoms with E-state index >= 15 is 0 Å². The van der Waals surface area contributed by atoms with Gasteiger partial charge in [-0.25, -0.2) is 18.2 Å². The third-order valence-corrected chi connectivity index (χ3v) is 5.52. The Bertz CT molecular complexity index is 683. The number of pyridine rings is 1. The van der Waals surface area contributed by atoms with E-state index in [1.54, 1.807) is 32.9 Å². The highest BCUT2D eigenvalue weighted by molar-refractivity contribution is 7.90. The second-order valence-corrected chi connectivity index (χ2v) is 9.51. The summed E-state index contributed by atoms with van der Waals surface area (Å²) in [5.74, 6) is -0.190. The average molecular weight is 375 g/mol. The van der Waals surface area contributed by atoms with Crippen molar-refractivity contribution in [2.24, 2.45) is 0 Å². The summed E-state index contributed by atoms with van der Waals surface area (Å²) in [4.78, 5) is 17.7. The molecular formula is C16H23ClN2O4S. The molecular weight excluding hydrogens is 352 g/mol. The summed E-state index contributed by atoms with van der Waals surface area (Å²) in [6.07, 6.45) is 2.45. The van der Waals surface area contributed by atoms with Gasteiger partial charge in [-0.2, -0.15) is 0 Å². The summed E-state index contributed by atoms with van der Waals surface area (Å²) in [5.41, 5.74) is -0.0147. The second kappa shape index (κ2) is 7.27. The number of carbonyl (C=O) groups excluding carboxylic acids is 1. The number of likely N-dealkylation sites (tertiary alicyclic amines) is 1. The maximum absolute atomic E-state index is 12.5. The minimum atomic E-state index is -3.37. The van der Waals surface area contributed by atoms with Gasteiger partial charge in [-0.05, 0) is 45.2 Å². The largest absolute Gasteiger partial charge is 0.444 e. The van der Waals surface area contributed by atoms with E-state index in [0.717, 1.165) is 6.42 Å². The van der Waals surface area contributed by atoms with E-state index in [2.05, 4.69) is 4.98 Å². The highest BCUT2D eigenvalue weighted by Gasteiger charge is 2.35. The van der Waals surface area contributed by atoms with Crippen LogP contribution in [0.2, 0.25) is 5.15 Å². The molecule has 1 atom stereocenters. The monoisotopic (exact) mass is 374 g/mol. The molecule has 0 saturated carbocycles. The molecule has 0 spiro atoms. The predicted molar refractivity (Wildman–Crippen MR) is 92.7 cm³/mol. The molecule has 0 bridgehead atoms. The van der Waals surface area contributed by atoms with E-state index in [1.165, 1.54) is 11.1 Å². The Morgan fingerprint density at radius 1 is 1.42 bits per heavy atom. The first-order valence-electron chi connectivity index (χ1n) is 7.86. The molecule has 134 valence electrons. The van der Waals surface area contributed by atoms with Gasteiger partial charge >= 0.3 is 6.09 Å². The lowest BCUT2D eigenvalue weighted by molar-refractivity contribution is 0.0241. The molecule has 1 aromatic rings. The fourth-order valence-electron chi connectivity index (χ4n) is 2.67. The molecule has 1 aliphatic heterocycles. The van der Waals surface area contributed by atoms with Crippen LogP contribution in [0.25, 0.3) is 0 Å². The van der Waals surface area contributed by atoms with Crippen LogP contribution in [0.4, 0.5) is 4.79 Å². The molecule has 24 heavy (non-hydrogen) atoms.